The molecule has 1 unspecified atom stereocenters. The lowest BCUT2D eigenvalue weighted by Gasteiger charge is -2.06. The van der Waals surface area contributed by atoms with E-state index in [1.807, 2.05) is 24.3 Å². The van der Waals surface area contributed by atoms with Crippen LogP contribution < -0.4 is 4.74 Å². The minimum Gasteiger partial charge on any atom is -0.488 e. The number of ether oxygens (including phenoxy) is 3. The maximum absolute atomic E-state index is 11.9. The lowest BCUT2D eigenvalue weighted by Crippen LogP contribution is -2.10. The van der Waals surface area contributed by atoms with E-state index in [1.165, 1.54) is 0 Å². The Morgan fingerprint density at radius 2 is 2.26 bits per heavy atom. The quantitative estimate of drug-likeness (QED) is 0.661. The molecule has 0 aliphatic carbocycles. The summed E-state index contributed by atoms with van der Waals surface area (Å²) in [6, 6.07) is 7.63. The third kappa shape index (κ3) is 2.42. The fourth-order valence-electron chi connectivity index (χ4n) is 1.95. The zero-order chi connectivity index (χ0) is 13.2. The fourth-order valence-corrected chi connectivity index (χ4v) is 1.95. The molecule has 100 valence electrons. The Labute approximate surface area is 110 Å². The Morgan fingerprint density at radius 3 is 3.00 bits per heavy atom. The van der Waals surface area contributed by atoms with Crippen molar-refractivity contribution in [1.82, 2.24) is 4.98 Å². The van der Waals surface area contributed by atoms with E-state index < -0.39 is 5.97 Å². The number of carbonyl (C=O) groups excluding carboxylic acids is 1. The van der Waals surface area contributed by atoms with Crippen LogP contribution >= 0.6 is 0 Å². The first-order valence-corrected chi connectivity index (χ1v) is 6.32. The molecule has 1 aliphatic heterocycles. The fraction of sp³-hybridized carbons (Fsp3) is 0.357. The van der Waals surface area contributed by atoms with Crippen molar-refractivity contribution in [3.05, 3.63) is 30.0 Å². The van der Waals surface area contributed by atoms with Gasteiger partial charge in [0.05, 0.1) is 13.2 Å². The normalized spacial score (nSPS) is 17.4. The molecule has 0 bridgehead atoms. The zero-order valence-corrected chi connectivity index (χ0v) is 10.6. The molecule has 5 heteroatoms. The smallest absolute Gasteiger partial charge is 0.358 e. The van der Waals surface area contributed by atoms with Gasteiger partial charge < -0.3 is 19.2 Å². The second kappa shape index (κ2) is 4.93. The summed E-state index contributed by atoms with van der Waals surface area (Å²) in [6.45, 7) is 3.28. The van der Waals surface area contributed by atoms with Gasteiger partial charge in [-0.05, 0) is 19.1 Å². The molecule has 1 fully saturated rings. The Balaban J connectivity index is 1.97. The molecular weight excluding hydrogens is 246 g/mol. The topological polar surface area (TPSA) is 63.9 Å². The number of fused-ring (bicyclic) bond motifs is 1. The third-order valence-electron chi connectivity index (χ3n) is 2.95. The third-order valence-corrected chi connectivity index (χ3v) is 2.95. The van der Waals surface area contributed by atoms with Crippen molar-refractivity contribution in [2.45, 2.75) is 13.0 Å². The minimum absolute atomic E-state index is 0.142. The van der Waals surface area contributed by atoms with Crippen LogP contribution in [0.4, 0.5) is 0 Å². The Bertz CT molecular complexity index is 601. The van der Waals surface area contributed by atoms with Crippen molar-refractivity contribution in [3.8, 4) is 5.75 Å². The second-order valence-corrected chi connectivity index (χ2v) is 4.36. The first-order valence-electron chi connectivity index (χ1n) is 6.32. The van der Waals surface area contributed by atoms with Gasteiger partial charge in [-0.2, -0.15) is 0 Å². The lowest BCUT2D eigenvalue weighted by atomic mass is 10.2. The van der Waals surface area contributed by atoms with Gasteiger partial charge in [0.25, 0.3) is 0 Å². The van der Waals surface area contributed by atoms with Crippen LogP contribution in [-0.2, 0) is 9.47 Å². The number of aromatic amines is 1. The van der Waals surface area contributed by atoms with Crippen LogP contribution in [0.3, 0.4) is 0 Å². The van der Waals surface area contributed by atoms with Crippen molar-refractivity contribution in [2.24, 2.45) is 0 Å². The van der Waals surface area contributed by atoms with Gasteiger partial charge in [0.1, 0.15) is 12.7 Å². The van der Waals surface area contributed by atoms with Gasteiger partial charge in [-0.1, -0.05) is 12.1 Å². The van der Waals surface area contributed by atoms with Crippen LogP contribution in [0.15, 0.2) is 24.3 Å². The van der Waals surface area contributed by atoms with Crippen LogP contribution in [0.1, 0.15) is 17.4 Å². The number of para-hydroxylation sites is 1. The molecule has 1 N–H and O–H groups in total. The SMILES string of the molecule is CCOC(=O)c1[nH]c2ccccc2c1OCC1CO1. The molecule has 19 heavy (non-hydrogen) atoms. The largest absolute Gasteiger partial charge is 0.488 e. The maximum Gasteiger partial charge on any atom is 0.358 e. The molecule has 3 rings (SSSR count). The van der Waals surface area contributed by atoms with Gasteiger partial charge >= 0.3 is 5.97 Å². The molecular formula is C14H15NO4. The highest BCUT2D eigenvalue weighted by Gasteiger charge is 2.26. The summed E-state index contributed by atoms with van der Waals surface area (Å²) in [4.78, 5) is 15.0. The first kappa shape index (κ1) is 12.0. The lowest BCUT2D eigenvalue weighted by molar-refractivity contribution is 0.0515. The summed E-state index contributed by atoms with van der Waals surface area (Å²) < 4.78 is 15.9. The number of benzene rings is 1. The monoisotopic (exact) mass is 261 g/mol. The molecule has 1 aliphatic rings. The van der Waals surface area contributed by atoms with Crippen LogP contribution in [0, 0.1) is 0 Å². The average molecular weight is 261 g/mol. The average Bonchev–Trinajstić information content (AvgIpc) is 3.17. The predicted molar refractivity (Wildman–Crippen MR) is 69.5 cm³/mol. The number of hydrogen-bond acceptors (Lipinski definition) is 4. The molecule has 2 aromatic rings. The molecule has 0 saturated carbocycles. The molecule has 0 radical (unpaired) electrons. The summed E-state index contributed by atoms with van der Waals surface area (Å²) >= 11 is 0. The van der Waals surface area contributed by atoms with Gasteiger partial charge in [-0.3, -0.25) is 0 Å². The minimum atomic E-state index is -0.398. The highest BCUT2D eigenvalue weighted by atomic mass is 16.6. The molecule has 5 nitrogen and oxygen atoms in total. The number of epoxide rings is 1. The number of H-pyrrole nitrogens is 1. The Kier molecular flexibility index (Phi) is 3.13. The van der Waals surface area contributed by atoms with Gasteiger partial charge in [0, 0.05) is 10.9 Å². The van der Waals surface area contributed by atoms with Gasteiger partial charge in [0.2, 0.25) is 0 Å². The number of esters is 1. The summed E-state index contributed by atoms with van der Waals surface area (Å²) in [5.74, 6) is 0.148. The highest BCUT2D eigenvalue weighted by Crippen LogP contribution is 2.31. The van der Waals surface area contributed by atoms with E-state index in [0.717, 1.165) is 17.5 Å². The number of aromatic nitrogens is 1. The van der Waals surface area contributed by atoms with Crippen molar-refractivity contribution in [2.75, 3.05) is 19.8 Å². The molecule has 1 atom stereocenters. The van der Waals surface area contributed by atoms with E-state index >= 15 is 0 Å². The summed E-state index contributed by atoms with van der Waals surface area (Å²) in [5.41, 5.74) is 1.22. The molecule has 1 aromatic heterocycles. The molecule has 1 aromatic carbocycles. The van der Waals surface area contributed by atoms with Crippen molar-refractivity contribution in [3.63, 3.8) is 0 Å². The van der Waals surface area contributed by atoms with Crippen LogP contribution in [0.2, 0.25) is 0 Å². The molecule has 1 saturated heterocycles. The molecule has 2 heterocycles. The van der Waals surface area contributed by atoms with Crippen LogP contribution in [0.5, 0.6) is 5.75 Å². The first-order chi connectivity index (χ1) is 9.29. The van der Waals surface area contributed by atoms with Crippen molar-refractivity contribution >= 4 is 16.9 Å². The Hall–Kier alpha value is -2.01. The number of carbonyl (C=O) groups is 1. The van der Waals surface area contributed by atoms with E-state index in [4.69, 9.17) is 14.2 Å². The van der Waals surface area contributed by atoms with Crippen molar-refractivity contribution < 1.29 is 19.0 Å². The summed E-state index contributed by atoms with van der Waals surface area (Å²) in [6.07, 6.45) is 0.142. The van der Waals surface area contributed by atoms with E-state index in [9.17, 15) is 4.79 Å². The standard InChI is InChI=1S/C14H15NO4/c1-2-17-14(16)12-13(19-8-9-7-18-9)10-5-3-4-6-11(10)15-12/h3-6,9,15H,2,7-8H2,1H3. The molecule has 0 amide bonds. The predicted octanol–water partition coefficient (Wildman–Crippen LogP) is 2.12. The number of rotatable bonds is 5. The summed E-state index contributed by atoms with van der Waals surface area (Å²) in [7, 11) is 0. The second-order valence-electron chi connectivity index (χ2n) is 4.36. The molecule has 0 spiro atoms. The van der Waals surface area contributed by atoms with E-state index in [1.54, 1.807) is 6.92 Å². The summed E-state index contributed by atoms with van der Waals surface area (Å²) in [5, 5.41) is 0.881. The van der Waals surface area contributed by atoms with Gasteiger partial charge in [-0.25, -0.2) is 4.79 Å². The number of hydrogen-bond donors (Lipinski definition) is 1. The Morgan fingerprint density at radius 1 is 1.47 bits per heavy atom. The number of nitrogens with one attached hydrogen (secondary N) is 1. The van der Waals surface area contributed by atoms with Crippen LogP contribution in [-0.4, -0.2) is 36.9 Å². The highest BCUT2D eigenvalue weighted by molar-refractivity contribution is 6.00. The van der Waals surface area contributed by atoms with Gasteiger partial charge in [0.15, 0.2) is 11.4 Å². The van der Waals surface area contributed by atoms with E-state index in [0.29, 0.717) is 24.7 Å². The van der Waals surface area contributed by atoms with Crippen LogP contribution in [0.25, 0.3) is 10.9 Å². The van der Waals surface area contributed by atoms with Gasteiger partial charge in [-0.15, -0.1) is 0 Å². The maximum atomic E-state index is 11.9. The van der Waals surface area contributed by atoms with E-state index in [-0.39, 0.29) is 6.10 Å². The van der Waals surface area contributed by atoms with Crippen molar-refractivity contribution in [1.29, 1.82) is 0 Å². The zero-order valence-electron chi connectivity index (χ0n) is 10.6. The van der Waals surface area contributed by atoms with E-state index in [2.05, 4.69) is 4.98 Å².